The number of carboxylic acid groups (broad SMARTS) is 4. The van der Waals surface area contributed by atoms with E-state index >= 15 is 0 Å². The normalized spacial score (nSPS) is 17.7. The first-order valence-electron chi connectivity index (χ1n) is 35.3. The second-order valence-electron chi connectivity index (χ2n) is 26.5. The van der Waals surface area contributed by atoms with Crippen molar-refractivity contribution in [3.05, 3.63) is 221 Å². The van der Waals surface area contributed by atoms with E-state index in [-0.39, 0.29) is 24.2 Å². The zero-order valence-corrected chi connectivity index (χ0v) is 67.4. The lowest BCUT2D eigenvalue weighted by atomic mass is 10.00. The minimum atomic E-state index is -4.46. The molecule has 3 unspecified atom stereocenters. The molecule has 115 heavy (non-hydrogen) atoms. The molecule has 0 amide bonds. The number of aliphatic carboxylic acids is 4. The summed E-state index contributed by atoms with van der Waals surface area (Å²) < 4.78 is 43.6. The number of carbonyl (C=O) groups is 4. The Balaban J connectivity index is 0.000000142. The summed E-state index contributed by atoms with van der Waals surface area (Å²) in [6, 6.07) is 33.0. The van der Waals surface area contributed by atoms with E-state index in [0.29, 0.717) is 161 Å². The maximum atomic E-state index is 12.6. The van der Waals surface area contributed by atoms with E-state index in [1.54, 1.807) is 82.6 Å². The molecule has 4 fully saturated rings. The van der Waals surface area contributed by atoms with Gasteiger partial charge in [0.1, 0.15) is 84.7 Å². The molecule has 598 valence electrons. The molecule has 5 atom stereocenters. The molecular weight excluding hydrogens is 1680 g/mol. The Morgan fingerprint density at radius 1 is 0.461 bits per heavy atom. The summed E-state index contributed by atoms with van der Waals surface area (Å²) in [7, 11) is 0. The number of hydrogen-bond donors (Lipinski definition) is 6. The molecule has 0 bridgehead atoms. The molecule has 6 N–H and O–H groups in total. The summed E-state index contributed by atoms with van der Waals surface area (Å²) in [5, 5.41) is 46.9. The van der Waals surface area contributed by atoms with Crippen LogP contribution in [0.25, 0.3) is 56.3 Å². The molecule has 4 saturated heterocycles. The number of alkyl halides is 3. The summed E-state index contributed by atoms with van der Waals surface area (Å²) in [6.45, 7) is 7.46. The number of nitrogens with zero attached hydrogens (tertiary/aromatic N) is 14. The monoisotopic (exact) mass is 1740 g/mol. The number of aromatic nitrogens is 10. The number of ether oxygens (including phenoxy) is 1. The molecule has 5 aliphatic rings. The van der Waals surface area contributed by atoms with Crippen LogP contribution in [0.3, 0.4) is 0 Å². The summed E-state index contributed by atoms with van der Waals surface area (Å²) >= 11 is 54.0. The van der Waals surface area contributed by atoms with E-state index in [0.717, 1.165) is 52.6 Å². The van der Waals surface area contributed by atoms with Gasteiger partial charge in [-0.25, -0.2) is 64.4 Å². The number of halogens is 12. The van der Waals surface area contributed by atoms with Crippen molar-refractivity contribution in [2.45, 2.75) is 94.7 Å². The van der Waals surface area contributed by atoms with Gasteiger partial charge in [0, 0.05) is 103 Å². The van der Waals surface area contributed by atoms with Gasteiger partial charge in [0.05, 0.1) is 91.2 Å². The Morgan fingerprint density at radius 2 is 0.870 bits per heavy atom. The lowest BCUT2D eigenvalue weighted by Gasteiger charge is -2.32. The lowest BCUT2D eigenvalue weighted by molar-refractivity contribution is -0.140. The maximum Gasteiger partial charge on any atom is 0.433 e. The molecule has 0 radical (unpaired) electrons. The summed E-state index contributed by atoms with van der Waals surface area (Å²) in [5.41, 5.74) is 7.87. The number of allylic oxidation sites excluding steroid dienone is 2. The van der Waals surface area contributed by atoms with E-state index in [1.165, 1.54) is 31.6 Å². The zero-order valence-electron chi connectivity index (χ0n) is 60.6. The number of benzene rings is 5. The lowest BCUT2D eigenvalue weighted by Crippen LogP contribution is -2.54. The van der Waals surface area contributed by atoms with Gasteiger partial charge in [-0.05, 0) is 131 Å². The van der Waals surface area contributed by atoms with Crippen LogP contribution in [0.1, 0.15) is 69.7 Å². The molecule has 10 aromatic rings. The van der Waals surface area contributed by atoms with Crippen molar-refractivity contribution in [2.24, 2.45) is 4.99 Å². The highest BCUT2D eigenvalue weighted by molar-refractivity contribution is 6.44. The van der Waals surface area contributed by atoms with Gasteiger partial charge in [-0.1, -0.05) is 129 Å². The van der Waals surface area contributed by atoms with E-state index in [9.17, 15) is 42.6 Å². The van der Waals surface area contributed by atoms with E-state index in [2.05, 4.69) is 65.5 Å². The van der Waals surface area contributed by atoms with Crippen LogP contribution in [-0.2, 0) is 19.2 Å². The van der Waals surface area contributed by atoms with Crippen LogP contribution in [0, 0.1) is 0 Å². The molecular formula is C78H68Cl9F3N16O9. The number of aliphatic imine (C=N–C) groups is 1. The first-order valence-corrected chi connectivity index (χ1v) is 38.7. The quantitative estimate of drug-likeness (QED) is 0.0523. The third-order valence-electron chi connectivity index (χ3n) is 18.4. The van der Waals surface area contributed by atoms with E-state index in [4.69, 9.17) is 119 Å². The second kappa shape index (κ2) is 39.3. The van der Waals surface area contributed by atoms with Crippen LogP contribution >= 0.6 is 104 Å². The highest BCUT2D eigenvalue weighted by Crippen LogP contribution is 2.38. The van der Waals surface area contributed by atoms with Crippen LogP contribution in [0.2, 0.25) is 45.2 Å². The SMILES string of the molecule is CC(C)Oc1ccc(-c2cc(C3CNC(C(=O)O)C3)ncn2)cc1Cl.FC(F)(F)C1=CCC(c2cc(-c3ccc(Cl)c(Cl)c3)ncn2)=N1.O=C(O)C1CN(c2cc(-c3ccc(Cl)c(Cl)c3)ncn2)CCN1.O=C(O)[C@@H]1CCCN1c1cc(-c2ccc(Cl)c(Cl)c2)ncn1.O=C(O)[C@H]1CCCN1c1cc(-c2ccc(Cl)c(Cl)c2)ncn1. The van der Waals surface area contributed by atoms with Crippen LogP contribution in [0.15, 0.2) is 170 Å². The van der Waals surface area contributed by atoms with Crippen molar-refractivity contribution in [1.29, 1.82) is 0 Å². The standard InChI is InChI=1S/C18H20ClN3O3.C15H8Cl2F3N3.C15H14Cl2N4O2.2C15H13Cl2N3O2/c1-10(2)25-17-4-3-11(5-13(17)19)14-7-15(22-9-21-14)12-6-16(18(23)24)20-8-12;16-9-2-1-8(5-10(9)17)12-6-13(22-7-21-12)11-3-4-14(23-11)15(18,19)20;16-10-2-1-9(5-11(10)17)12-6-14(20-8-19-12)21-4-3-18-13(7-21)15(22)23;2*16-10-4-3-9(6-11(10)17)12-7-14(19-8-18-12)20-5-1-2-13(20)15(21)22/h3-5,7,9-10,12,16,20H,6,8H2,1-2H3,(H,23,24);1-2,4-7H,3H2;1-2,5-6,8,13,18H,3-4,7H2,(H,22,23);2*3-4,6-8,13H,1-2,5H2,(H,21,22)/t;;;2*13-/m...10/s1. The van der Waals surface area contributed by atoms with Crippen molar-refractivity contribution >= 4 is 151 Å². The summed E-state index contributed by atoms with van der Waals surface area (Å²) in [5.74, 6) is -0.742. The third kappa shape index (κ3) is 22.7. The zero-order chi connectivity index (χ0) is 82.4. The van der Waals surface area contributed by atoms with Gasteiger partial charge < -0.3 is 50.5 Å². The van der Waals surface area contributed by atoms with Gasteiger partial charge in [0.2, 0.25) is 0 Å². The first kappa shape index (κ1) is 86.2. The number of rotatable bonds is 16. The molecule has 25 nitrogen and oxygen atoms in total. The maximum absolute atomic E-state index is 12.6. The molecule has 15 rings (SSSR count). The number of anilines is 3. The Labute approximate surface area is 701 Å². The van der Waals surface area contributed by atoms with Crippen molar-refractivity contribution in [3.63, 3.8) is 0 Å². The van der Waals surface area contributed by atoms with Crippen molar-refractivity contribution in [3.8, 4) is 62.0 Å². The highest BCUT2D eigenvalue weighted by atomic mass is 35.5. The summed E-state index contributed by atoms with van der Waals surface area (Å²) in [4.78, 5) is 96.1. The summed E-state index contributed by atoms with van der Waals surface area (Å²) in [6.07, 6.45) is 7.27. The van der Waals surface area contributed by atoms with Gasteiger partial charge >= 0.3 is 30.1 Å². The van der Waals surface area contributed by atoms with Gasteiger partial charge in [-0.15, -0.1) is 0 Å². The van der Waals surface area contributed by atoms with Crippen LogP contribution in [-0.4, -0.2) is 176 Å². The fourth-order valence-electron chi connectivity index (χ4n) is 12.7. The third-order valence-corrected chi connectivity index (χ3v) is 21.7. The minimum Gasteiger partial charge on any atom is -0.489 e. The molecule has 10 heterocycles. The molecule has 0 saturated carbocycles. The van der Waals surface area contributed by atoms with Crippen molar-refractivity contribution in [1.82, 2.24) is 60.5 Å². The minimum absolute atomic E-state index is 0.0473. The van der Waals surface area contributed by atoms with Gasteiger partial charge in [0.25, 0.3) is 0 Å². The average Bonchev–Trinajstić information content (AvgIpc) is 1.80. The van der Waals surface area contributed by atoms with Crippen LogP contribution in [0.4, 0.5) is 30.6 Å². The highest BCUT2D eigenvalue weighted by Gasteiger charge is 2.38. The molecule has 37 heteroatoms. The number of piperazine rings is 1. The largest absolute Gasteiger partial charge is 0.489 e. The number of hydrogen-bond acceptors (Lipinski definition) is 21. The van der Waals surface area contributed by atoms with E-state index < -0.39 is 59.9 Å². The fourth-order valence-corrected chi connectivity index (χ4v) is 14.1. The predicted molar refractivity (Wildman–Crippen MR) is 438 cm³/mol. The molecule has 5 aromatic carbocycles. The number of carboxylic acids is 4. The Kier molecular flexibility index (Phi) is 29.4. The molecule has 0 spiro atoms. The number of nitrogens with one attached hydrogen (secondary N) is 2. The Hall–Kier alpha value is -9.69. The predicted octanol–water partition coefficient (Wildman–Crippen LogP) is 17.5. The van der Waals surface area contributed by atoms with Crippen molar-refractivity contribution < 1.29 is 57.5 Å². The smallest absolute Gasteiger partial charge is 0.433 e. The van der Waals surface area contributed by atoms with Crippen molar-refractivity contribution in [2.75, 3.05) is 54.0 Å². The van der Waals surface area contributed by atoms with Crippen LogP contribution < -0.4 is 30.1 Å². The fraction of sp³-hybridized carbons (Fsp3) is 0.269. The van der Waals surface area contributed by atoms with Gasteiger partial charge in [0.15, 0.2) is 0 Å². The topological polar surface area (TPSA) is 333 Å². The Bertz CT molecular complexity index is 5170. The first-order chi connectivity index (χ1) is 54.9. The van der Waals surface area contributed by atoms with Gasteiger partial charge in [-0.2, -0.15) is 13.2 Å². The van der Waals surface area contributed by atoms with Gasteiger partial charge in [-0.3, -0.25) is 9.59 Å². The second-order valence-corrected chi connectivity index (χ2v) is 30.1. The van der Waals surface area contributed by atoms with Crippen LogP contribution in [0.5, 0.6) is 5.75 Å². The molecule has 0 aliphatic carbocycles. The molecule has 5 aromatic heterocycles. The van der Waals surface area contributed by atoms with E-state index in [1.807, 2.05) is 67.3 Å². The molecule has 5 aliphatic heterocycles. The average molecular weight is 1750 g/mol. The Morgan fingerprint density at radius 3 is 1.29 bits per heavy atom.